The van der Waals surface area contributed by atoms with E-state index in [0.29, 0.717) is 12.5 Å². The van der Waals surface area contributed by atoms with E-state index in [9.17, 15) is 5.11 Å². The highest BCUT2D eigenvalue weighted by Crippen LogP contribution is 2.54. The van der Waals surface area contributed by atoms with Crippen molar-refractivity contribution in [2.45, 2.75) is 39.2 Å². The second-order valence-corrected chi connectivity index (χ2v) is 3.85. The minimum atomic E-state index is -0.160. The van der Waals surface area contributed by atoms with Gasteiger partial charge in [-0.25, -0.2) is 0 Å². The number of hydrogen-bond donors (Lipinski definition) is 2. The predicted molar refractivity (Wildman–Crippen MR) is 46.2 cm³/mol. The fourth-order valence-corrected chi connectivity index (χ4v) is 1.96. The lowest BCUT2D eigenvalue weighted by molar-refractivity contribution is 0.0798. The Kier molecular flexibility index (Phi) is 2.55. The first kappa shape index (κ1) is 9.01. The summed E-state index contributed by atoms with van der Waals surface area (Å²) in [6.45, 7) is 4.92. The molecule has 1 aliphatic rings. The molecule has 0 saturated heterocycles. The third-order valence-corrected chi connectivity index (χ3v) is 3.11. The molecule has 2 nitrogen and oxygen atoms in total. The number of hydrogen-bond acceptors (Lipinski definition) is 2. The van der Waals surface area contributed by atoms with Crippen LogP contribution in [0.1, 0.15) is 33.1 Å². The van der Waals surface area contributed by atoms with Crippen LogP contribution >= 0.6 is 0 Å². The van der Waals surface area contributed by atoms with Crippen LogP contribution in [0.5, 0.6) is 0 Å². The molecule has 0 radical (unpaired) electrons. The Hall–Kier alpha value is -0.0800. The van der Waals surface area contributed by atoms with Crippen molar-refractivity contribution in [2.75, 3.05) is 6.54 Å². The molecular weight excluding hydrogens is 138 g/mol. The molecule has 66 valence electrons. The third-order valence-electron chi connectivity index (χ3n) is 3.11. The van der Waals surface area contributed by atoms with Gasteiger partial charge in [0, 0.05) is 12.0 Å². The highest BCUT2D eigenvalue weighted by molar-refractivity contribution is 5.05. The average molecular weight is 157 g/mol. The highest BCUT2D eigenvalue weighted by Gasteiger charge is 2.54. The Morgan fingerprint density at radius 3 is 2.55 bits per heavy atom. The van der Waals surface area contributed by atoms with Crippen molar-refractivity contribution in [1.29, 1.82) is 0 Å². The Bertz CT molecular complexity index is 134. The minimum absolute atomic E-state index is 0.0933. The topological polar surface area (TPSA) is 46.2 Å². The van der Waals surface area contributed by atoms with Crippen LogP contribution < -0.4 is 5.73 Å². The third kappa shape index (κ3) is 1.42. The van der Waals surface area contributed by atoms with Gasteiger partial charge in [-0.1, -0.05) is 20.3 Å². The van der Waals surface area contributed by atoms with Crippen molar-refractivity contribution in [2.24, 2.45) is 17.1 Å². The lowest BCUT2D eigenvalue weighted by Crippen LogP contribution is -2.31. The Morgan fingerprint density at radius 1 is 1.73 bits per heavy atom. The van der Waals surface area contributed by atoms with Crippen LogP contribution in [0.3, 0.4) is 0 Å². The second kappa shape index (κ2) is 3.11. The molecule has 1 saturated carbocycles. The summed E-state index contributed by atoms with van der Waals surface area (Å²) < 4.78 is 0. The molecule has 0 aromatic rings. The van der Waals surface area contributed by atoms with Crippen molar-refractivity contribution in [3.63, 3.8) is 0 Å². The van der Waals surface area contributed by atoms with Gasteiger partial charge in [0.15, 0.2) is 0 Å². The van der Waals surface area contributed by atoms with E-state index in [1.54, 1.807) is 0 Å². The van der Waals surface area contributed by atoms with E-state index in [1.807, 2.05) is 0 Å². The lowest BCUT2D eigenvalue weighted by atomic mass is 9.93. The second-order valence-electron chi connectivity index (χ2n) is 3.85. The number of nitrogens with two attached hydrogens (primary N) is 1. The summed E-state index contributed by atoms with van der Waals surface area (Å²) in [7, 11) is 0. The van der Waals surface area contributed by atoms with E-state index in [2.05, 4.69) is 13.8 Å². The van der Waals surface area contributed by atoms with E-state index in [-0.39, 0.29) is 11.5 Å². The molecule has 3 atom stereocenters. The fourth-order valence-electron chi connectivity index (χ4n) is 1.96. The molecule has 11 heavy (non-hydrogen) atoms. The Balaban J connectivity index is 2.44. The van der Waals surface area contributed by atoms with Gasteiger partial charge in [0.2, 0.25) is 0 Å². The van der Waals surface area contributed by atoms with Crippen LogP contribution in [0.15, 0.2) is 0 Å². The van der Waals surface area contributed by atoms with Gasteiger partial charge in [0.05, 0.1) is 6.10 Å². The molecule has 2 heteroatoms. The highest BCUT2D eigenvalue weighted by atomic mass is 16.3. The van der Waals surface area contributed by atoms with Crippen LogP contribution in [-0.2, 0) is 0 Å². The van der Waals surface area contributed by atoms with Gasteiger partial charge in [-0.2, -0.15) is 0 Å². The summed E-state index contributed by atoms with van der Waals surface area (Å²) in [6.07, 6.45) is 2.91. The van der Waals surface area contributed by atoms with Crippen molar-refractivity contribution >= 4 is 0 Å². The molecule has 1 fully saturated rings. The maximum absolute atomic E-state index is 9.73. The maximum atomic E-state index is 9.73. The van der Waals surface area contributed by atoms with Gasteiger partial charge >= 0.3 is 0 Å². The first-order valence-corrected chi connectivity index (χ1v) is 4.55. The number of aliphatic hydroxyl groups excluding tert-OH is 1. The molecule has 0 amide bonds. The fraction of sp³-hybridized carbons (Fsp3) is 1.00. The van der Waals surface area contributed by atoms with Crippen LogP contribution in [-0.4, -0.2) is 17.8 Å². The quantitative estimate of drug-likeness (QED) is 0.642. The van der Waals surface area contributed by atoms with E-state index >= 15 is 0 Å². The normalized spacial score (nSPS) is 38.7. The van der Waals surface area contributed by atoms with Gasteiger partial charge < -0.3 is 10.8 Å². The Labute approximate surface area is 68.8 Å². The maximum Gasteiger partial charge on any atom is 0.0611 e. The first-order valence-electron chi connectivity index (χ1n) is 4.55. The summed E-state index contributed by atoms with van der Waals surface area (Å²) in [5.41, 5.74) is 5.72. The van der Waals surface area contributed by atoms with E-state index < -0.39 is 0 Å². The molecule has 1 rings (SSSR count). The van der Waals surface area contributed by atoms with Crippen LogP contribution in [0.2, 0.25) is 0 Å². The molecule has 1 aliphatic carbocycles. The van der Waals surface area contributed by atoms with E-state index in [0.717, 1.165) is 19.3 Å². The average Bonchev–Trinajstić information content (AvgIpc) is 2.63. The van der Waals surface area contributed by atoms with Gasteiger partial charge in [0.25, 0.3) is 0 Å². The van der Waals surface area contributed by atoms with Crippen molar-refractivity contribution in [3.05, 3.63) is 0 Å². The van der Waals surface area contributed by atoms with Gasteiger partial charge in [0.1, 0.15) is 0 Å². The van der Waals surface area contributed by atoms with Gasteiger partial charge in [-0.15, -0.1) is 0 Å². The van der Waals surface area contributed by atoms with E-state index in [1.165, 1.54) is 0 Å². The summed E-state index contributed by atoms with van der Waals surface area (Å²) in [5.74, 6) is 0.633. The molecule has 0 bridgehead atoms. The minimum Gasteiger partial charge on any atom is -0.392 e. The largest absolute Gasteiger partial charge is 0.392 e. The van der Waals surface area contributed by atoms with Crippen molar-refractivity contribution in [1.82, 2.24) is 0 Å². The summed E-state index contributed by atoms with van der Waals surface area (Å²) in [5, 5.41) is 9.73. The lowest BCUT2D eigenvalue weighted by Gasteiger charge is -2.20. The summed E-state index contributed by atoms with van der Waals surface area (Å²) in [4.78, 5) is 0. The number of rotatable bonds is 4. The van der Waals surface area contributed by atoms with Crippen LogP contribution in [0, 0.1) is 11.3 Å². The zero-order valence-electron chi connectivity index (χ0n) is 7.51. The predicted octanol–water partition coefficient (Wildman–Crippen LogP) is 1.13. The summed E-state index contributed by atoms with van der Waals surface area (Å²) in [6, 6.07) is 0. The molecule has 0 spiro atoms. The van der Waals surface area contributed by atoms with Crippen LogP contribution in [0.25, 0.3) is 0 Å². The molecule has 0 aromatic carbocycles. The zero-order valence-corrected chi connectivity index (χ0v) is 7.51. The van der Waals surface area contributed by atoms with Crippen molar-refractivity contribution < 1.29 is 5.11 Å². The molecular formula is C9H19NO. The molecule has 0 aliphatic heterocycles. The van der Waals surface area contributed by atoms with Gasteiger partial charge in [-0.05, 0) is 18.8 Å². The molecule has 0 unspecified atom stereocenters. The van der Waals surface area contributed by atoms with Gasteiger partial charge in [-0.3, -0.25) is 0 Å². The number of aliphatic hydroxyl groups is 1. The summed E-state index contributed by atoms with van der Waals surface area (Å²) >= 11 is 0. The molecule has 3 N–H and O–H groups in total. The molecule has 0 aromatic heterocycles. The molecule has 0 heterocycles. The smallest absolute Gasteiger partial charge is 0.0611 e. The standard InChI is InChI=1S/C9H19NO/c1-3-4-8(11)9(6-10)5-7(9)2/h7-8,11H,3-6,10H2,1-2H3/t7-,8+,9-/m0/s1. The van der Waals surface area contributed by atoms with Crippen molar-refractivity contribution in [3.8, 4) is 0 Å². The van der Waals surface area contributed by atoms with Crippen LogP contribution in [0.4, 0.5) is 0 Å². The Morgan fingerprint density at radius 2 is 2.27 bits per heavy atom. The SMILES string of the molecule is CCC[C@@H](O)[C@]1(CN)C[C@@H]1C. The zero-order chi connectivity index (χ0) is 8.48. The monoisotopic (exact) mass is 157 g/mol. The first-order chi connectivity index (χ1) is 5.17. The van der Waals surface area contributed by atoms with E-state index in [4.69, 9.17) is 5.73 Å².